The molecule has 0 aromatic carbocycles. The third-order valence-corrected chi connectivity index (χ3v) is 3.79. The third kappa shape index (κ3) is 3.56. The fraction of sp³-hybridized carbons (Fsp3) is 0.733. The monoisotopic (exact) mass is 294 g/mol. The maximum atomic E-state index is 12.0. The van der Waals surface area contributed by atoms with Gasteiger partial charge in [-0.3, -0.25) is 0 Å². The molecule has 0 radical (unpaired) electrons. The summed E-state index contributed by atoms with van der Waals surface area (Å²) in [5.41, 5.74) is 0.256. The standard InChI is InChI=1S/C15H22N2O4/c1-2-19-15(18)14-12(21-10-11-6-7-11)9-17(16-14)13-5-3-4-8-20-13/h9,11,13H,2-8,10H2,1H3. The predicted octanol–water partition coefficient (Wildman–Crippen LogP) is 2.55. The van der Waals surface area contributed by atoms with E-state index in [1.165, 1.54) is 12.8 Å². The highest BCUT2D eigenvalue weighted by atomic mass is 16.5. The maximum Gasteiger partial charge on any atom is 0.362 e. The quantitative estimate of drug-likeness (QED) is 0.754. The Labute approximate surface area is 124 Å². The molecule has 0 amide bonds. The van der Waals surface area contributed by atoms with Crippen molar-refractivity contribution in [3.8, 4) is 5.75 Å². The van der Waals surface area contributed by atoms with Gasteiger partial charge in [-0.05, 0) is 44.9 Å². The smallest absolute Gasteiger partial charge is 0.362 e. The molecule has 21 heavy (non-hydrogen) atoms. The zero-order valence-corrected chi connectivity index (χ0v) is 12.4. The summed E-state index contributed by atoms with van der Waals surface area (Å²) in [5.74, 6) is 0.696. The van der Waals surface area contributed by atoms with Gasteiger partial charge in [0.15, 0.2) is 5.75 Å². The van der Waals surface area contributed by atoms with Crippen LogP contribution >= 0.6 is 0 Å². The van der Waals surface area contributed by atoms with Crippen LogP contribution in [0.3, 0.4) is 0 Å². The number of rotatable bonds is 6. The Kier molecular flexibility index (Phi) is 4.43. The first-order valence-corrected chi connectivity index (χ1v) is 7.78. The van der Waals surface area contributed by atoms with E-state index in [2.05, 4.69) is 5.10 Å². The molecule has 1 aromatic heterocycles. The molecule has 1 atom stereocenters. The number of carbonyl (C=O) groups excluding carboxylic acids is 1. The summed E-state index contributed by atoms with van der Waals surface area (Å²) >= 11 is 0. The molecule has 2 fully saturated rings. The van der Waals surface area contributed by atoms with Gasteiger partial charge in [0.1, 0.15) is 6.23 Å². The zero-order valence-electron chi connectivity index (χ0n) is 12.4. The highest BCUT2D eigenvalue weighted by molar-refractivity contribution is 5.90. The van der Waals surface area contributed by atoms with Gasteiger partial charge in [-0.15, -0.1) is 0 Å². The van der Waals surface area contributed by atoms with E-state index in [0.29, 0.717) is 24.9 Å². The summed E-state index contributed by atoms with van der Waals surface area (Å²) in [6, 6.07) is 0. The summed E-state index contributed by atoms with van der Waals surface area (Å²) in [7, 11) is 0. The molecule has 1 unspecified atom stereocenters. The topological polar surface area (TPSA) is 62.6 Å². The van der Waals surface area contributed by atoms with Gasteiger partial charge in [0.05, 0.1) is 19.4 Å². The second-order valence-electron chi connectivity index (χ2n) is 5.62. The van der Waals surface area contributed by atoms with Crippen LogP contribution in [0, 0.1) is 5.92 Å². The molecule has 6 heteroatoms. The Morgan fingerprint density at radius 2 is 2.29 bits per heavy atom. The first-order chi connectivity index (χ1) is 10.3. The number of nitrogens with zero attached hydrogens (tertiary/aromatic N) is 2. The molecule has 1 saturated heterocycles. The third-order valence-electron chi connectivity index (χ3n) is 3.79. The lowest BCUT2D eigenvalue weighted by Gasteiger charge is -2.22. The molecule has 1 saturated carbocycles. The van der Waals surface area contributed by atoms with Crippen LogP contribution in [0.4, 0.5) is 0 Å². The number of ether oxygens (including phenoxy) is 3. The molecule has 1 aliphatic heterocycles. The van der Waals surface area contributed by atoms with Gasteiger partial charge in [-0.1, -0.05) is 0 Å². The van der Waals surface area contributed by atoms with Gasteiger partial charge in [-0.2, -0.15) is 5.10 Å². The molecule has 1 aromatic rings. The normalized spacial score (nSPS) is 22.0. The number of carbonyl (C=O) groups is 1. The fourth-order valence-corrected chi connectivity index (χ4v) is 2.39. The van der Waals surface area contributed by atoms with Gasteiger partial charge in [0.2, 0.25) is 5.69 Å². The van der Waals surface area contributed by atoms with Crippen molar-refractivity contribution in [3.05, 3.63) is 11.9 Å². The minimum Gasteiger partial charge on any atom is -0.489 e. The first-order valence-electron chi connectivity index (χ1n) is 7.78. The van der Waals surface area contributed by atoms with E-state index in [0.717, 1.165) is 25.9 Å². The van der Waals surface area contributed by atoms with Crippen LogP contribution < -0.4 is 4.74 Å². The highest BCUT2D eigenvalue weighted by Crippen LogP contribution is 2.31. The Hall–Kier alpha value is -1.56. The summed E-state index contributed by atoms with van der Waals surface area (Å²) in [4.78, 5) is 12.0. The molecule has 6 nitrogen and oxygen atoms in total. The Bertz CT molecular complexity index is 490. The average Bonchev–Trinajstić information content (AvgIpc) is 3.24. The molecule has 0 spiro atoms. The van der Waals surface area contributed by atoms with Crippen LogP contribution in [0.1, 0.15) is 55.7 Å². The van der Waals surface area contributed by atoms with Gasteiger partial charge in [0, 0.05) is 6.61 Å². The van der Waals surface area contributed by atoms with Crippen LogP contribution in [0.5, 0.6) is 5.75 Å². The van der Waals surface area contributed by atoms with Crippen LogP contribution in [-0.4, -0.2) is 35.6 Å². The van der Waals surface area contributed by atoms with Crippen LogP contribution in [-0.2, 0) is 9.47 Å². The van der Waals surface area contributed by atoms with Crippen molar-refractivity contribution in [3.63, 3.8) is 0 Å². The van der Waals surface area contributed by atoms with E-state index in [1.807, 2.05) is 0 Å². The van der Waals surface area contributed by atoms with E-state index >= 15 is 0 Å². The Morgan fingerprint density at radius 1 is 1.43 bits per heavy atom. The SMILES string of the molecule is CCOC(=O)c1nn(C2CCCCO2)cc1OCC1CC1. The van der Waals surface area contributed by atoms with Gasteiger partial charge >= 0.3 is 5.97 Å². The van der Waals surface area contributed by atoms with Crippen molar-refractivity contribution in [1.29, 1.82) is 0 Å². The Balaban J connectivity index is 1.76. The van der Waals surface area contributed by atoms with E-state index in [1.54, 1.807) is 17.8 Å². The Morgan fingerprint density at radius 3 is 2.95 bits per heavy atom. The average molecular weight is 294 g/mol. The lowest BCUT2D eigenvalue weighted by molar-refractivity contribution is -0.0398. The number of esters is 1. The van der Waals surface area contributed by atoms with Gasteiger partial charge in [0.25, 0.3) is 0 Å². The number of hydrogen-bond acceptors (Lipinski definition) is 5. The highest BCUT2D eigenvalue weighted by Gasteiger charge is 2.27. The first kappa shape index (κ1) is 14.4. The molecule has 1 aliphatic carbocycles. The lowest BCUT2D eigenvalue weighted by atomic mass is 10.2. The van der Waals surface area contributed by atoms with E-state index in [9.17, 15) is 4.79 Å². The molecule has 3 rings (SSSR count). The molecule has 116 valence electrons. The largest absolute Gasteiger partial charge is 0.489 e. The summed E-state index contributed by atoms with van der Waals surface area (Å²) < 4.78 is 18.2. The van der Waals surface area contributed by atoms with E-state index in [4.69, 9.17) is 14.2 Å². The molecular formula is C15H22N2O4. The van der Waals surface area contributed by atoms with Crippen molar-refractivity contribution < 1.29 is 19.0 Å². The van der Waals surface area contributed by atoms with Crippen molar-refractivity contribution >= 4 is 5.97 Å². The summed E-state index contributed by atoms with van der Waals surface area (Å²) in [5, 5.41) is 4.34. The molecular weight excluding hydrogens is 272 g/mol. The van der Waals surface area contributed by atoms with Crippen molar-refractivity contribution in [2.75, 3.05) is 19.8 Å². The van der Waals surface area contributed by atoms with Crippen molar-refractivity contribution in [1.82, 2.24) is 9.78 Å². The zero-order chi connectivity index (χ0) is 14.7. The summed E-state index contributed by atoms with van der Waals surface area (Å²) in [6.45, 7) is 3.48. The van der Waals surface area contributed by atoms with Gasteiger partial charge in [-0.25, -0.2) is 9.48 Å². The van der Waals surface area contributed by atoms with Crippen LogP contribution in [0.25, 0.3) is 0 Å². The van der Waals surface area contributed by atoms with E-state index in [-0.39, 0.29) is 11.9 Å². The van der Waals surface area contributed by atoms with Crippen LogP contribution in [0.15, 0.2) is 6.20 Å². The molecule has 0 N–H and O–H groups in total. The number of aromatic nitrogens is 2. The molecule has 2 aliphatic rings. The van der Waals surface area contributed by atoms with E-state index < -0.39 is 5.97 Å². The lowest BCUT2D eigenvalue weighted by Crippen LogP contribution is -2.19. The second-order valence-corrected chi connectivity index (χ2v) is 5.62. The second kappa shape index (κ2) is 6.47. The predicted molar refractivity (Wildman–Crippen MR) is 75.2 cm³/mol. The minimum absolute atomic E-state index is 0.106. The maximum absolute atomic E-state index is 12.0. The van der Waals surface area contributed by atoms with Crippen LogP contribution in [0.2, 0.25) is 0 Å². The molecule has 0 bridgehead atoms. The van der Waals surface area contributed by atoms with Gasteiger partial charge < -0.3 is 14.2 Å². The fourth-order valence-electron chi connectivity index (χ4n) is 2.39. The minimum atomic E-state index is -0.433. The number of hydrogen-bond donors (Lipinski definition) is 0. The molecule has 2 heterocycles. The summed E-state index contributed by atoms with van der Waals surface area (Å²) in [6.07, 6.45) is 7.16. The van der Waals surface area contributed by atoms with Crippen molar-refractivity contribution in [2.24, 2.45) is 5.92 Å². The van der Waals surface area contributed by atoms with Crippen molar-refractivity contribution in [2.45, 2.75) is 45.3 Å².